The molecule has 2 rings (SSSR count). The zero-order chi connectivity index (χ0) is 16.4. The van der Waals surface area contributed by atoms with Gasteiger partial charge in [0.05, 0.1) is 10.5 Å². The van der Waals surface area contributed by atoms with Crippen LogP contribution in [0.15, 0.2) is 0 Å². The van der Waals surface area contributed by atoms with Gasteiger partial charge in [-0.3, -0.25) is 0 Å². The Hall–Kier alpha value is -0.820. The van der Waals surface area contributed by atoms with Crippen LogP contribution in [0.2, 0.25) is 0 Å². The van der Waals surface area contributed by atoms with Gasteiger partial charge < -0.3 is 15.0 Å². The highest BCUT2D eigenvalue weighted by Crippen LogP contribution is 2.26. The summed E-state index contributed by atoms with van der Waals surface area (Å²) in [5, 5.41) is 2.67. The molecule has 0 aliphatic carbocycles. The van der Waals surface area contributed by atoms with Crippen molar-refractivity contribution in [3.8, 4) is 0 Å². The van der Waals surface area contributed by atoms with Crippen molar-refractivity contribution in [3.63, 3.8) is 0 Å². The molecule has 1 N–H and O–H groups in total. The van der Waals surface area contributed by atoms with Gasteiger partial charge in [0.1, 0.15) is 5.60 Å². The van der Waals surface area contributed by atoms with Crippen molar-refractivity contribution in [2.75, 3.05) is 26.2 Å². The lowest BCUT2D eigenvalue weighted by atomic mass is 10.1. The number of rotatable bonds is 2. The Bertz CT molecular complexity index is 484. The van der Waals surface area contributed by atoms with Crippen LogP contribution in [0.4, 0.5) is 4.79 Å². The Kier molecular flexibility index (Phi) is 5.37. The van der Waals surface area contributed by atoms with Crippen LogP contribution >= 0.6 is 0 Å². The summed E-state index contributed by atoms with van der Waals surface area (Å²) in [4.78, 5) is 13.6. The number of sulfone groups is 1. The summed E-state index contributed by atoms with van der Waals surface area (Å²) in [6, 6.07) is 0. The predicted molar refractivity (Wildman–Crippen MR) is 85.6 cm³/mol. The van der Waals surface area contributed by atoms with Crippen molar-refractivity contribution in [1.82, 2.24) is 10.2 Å². The van der Waals surface area contributed by atoms with Crippen molar-refractivity contribution in [3.05, 3.63) is 0 Å². The molecule has 2 saturated heterocycles. The highest BCUT2D eigenvalue weighted by atomic mass is 32.2. The Morgan fingerprint density at radius 2 is 1.55 bits per heavy atom. The molecule has 0 aromatic heterocycles. The molecule has 0 unspecified atom stereocenters. The number of amides is 1. The summed E-state index contributed by atoms with van der Waals surface area (Å²) in [6.45, 7) is 7.98. The van der Waals surface area contributed by atoms with Crippen molar-refractivity contribution >= 4 is 15.9 Å². The third-order valence-corrected chi connectivity index (χ3v) is 7.11. The monoisotopic (exact) mass is 332 g/mol. The van der Waals surface area contributed by atoms with E-state index in [0.717, 1.165) is 13.1 Å². The fourth-order valence-electron chi connectivity index (χ4n) is 3.09. The average Bonchev–Trinajstić information content (AvgIpc) is 2.46. The summed E-state index contributed by atoms with van der Waals surface area (Å²) < 4.78 is 30.7. The second kappa shape index (κ2) is 6.74. The molecule has 22 heavy (non-hydrogen) atoms. The first kappa shape index (κ1) is 17.5. The number of carbonyl (C=O) groups is 1. The maximum absolute atomic E-state index is 12.7. The van der Waals surface area contributed by atoms with E-state index in [4.69, 9.17) is 4.74 Å². The Balaban J connectivity index is 1.90. The molecule has 0 radical (unpaired) electrons. The second-order valence-corrected chi connectivity index (χ2v) is 9.72. The topological polar surface area (TPSA) is 75.7 Å². The minimum atomic E-state index is -3.09. The third kappa shape index (κ3) is 4.35. The fraction of sp³-hybridized carbons (Fsp3) is 0.933. The number of hydrogen-bond acceptors (Lipinski definition) is 5. The molecule has 2 aliphatic heterocycles. The number of hydrogen-bond donors (Lipinski definition) is 1. The van der Waals surface area contributed by atoms with E-state index in [1.54, 1.807) is 4.90 Å². The summed E-state index contributed by atoms with van der Waals surface area (Å²) in [6.07, 6.45) is 2.10. The summed E-state index contributed by atoms with van der Waals surface area (Å²) in [5.74, 6) is 0. The zero-order valence-corrected chi connectivity index (χ0v) is 14.6. The highest BCUT2D eigenvalue weighted by molar-refractivity contribution is 7.92. The van der Waals surface area contributed by atoms with Gasteiger partial charge in [-0.05, 0) is 59.5 Å². The lowest BCUT2D eigenvalue weighted by Crippen LogP contribution is -2.47. The van der Waals surface area contributed by atoms with Gasteiger partial charge in [0, 0.05) is 13.1 Å². The first-order valence-corrected chi connectivity index (χ1v) is 9.72. The first-order chi connectivity index (χ1) is 10.2. The van der Waals surface area contributed by atoms with Gasteiger partial charge in [-0.25, -0.2) is 13.2 Å². The highest BCUT2D eigenvalue weighted by Gasteiger charge is 2.38. The quantitative estimate of drug-likeness (QED) is 0.830. The molecule has 0 aromatic rings. The van der Waals surface area contributed by atoms with Crippen LogP contribution < -0.4 is 5.32 Å². The Morgan fingerprint density at radius 3 is 2.05 bits per heavy atom. The first-order valence-electron chi connectivity index (χ1n) is 8.11. The average molecular weight is 332 g/mol. The minimum absolute atomic E-state index is 0.216. The molecule has 0 atom stereocenters. The summed E-state index contributed by atoms with van der Waals surface area (Å²) in [5.41, 5.74) is -0.519. The Morgan fingerprint density at radius 1 is 1.05 bits per heavy atom. The molecule has 0 bridgehead atoms. The van der Waals surface area contributed by atoms with Gasteiger partial charge in [0.2, 0.25) is 0 Å². The van der Waals surface area contributed by atoms with Gasteiger partial charge in [-0.1, -0.05) is 0 Å². The van der Waals surface area contributed by atoms with Gasteiger partial charge in [0.25, 0.3) is 0 Å². The van der Waals surface area contributed by atoms with E-state index in [1.165, 1.54) is 0 Å². The van der Waals surface area contributed by atoms with Crippen molar-refractivity contribution in [2.24, 2.45) is 0 Å². The smallest absolute Gasteiger partial charge is 0.410 e. The van der Waals surface area contributed by atoms with Crippen LogP contribution in [0.25, 0.3) is 0 Å². The van der Waals surface area contributed by atoms with Crippen LogP contribution in [0.1, 0.15) is 46.5 Å². The van der Waals surface area contributed by atoms with Crippen LogP contribution in [-0.4, -0.2) is 61.7 Å². The van der Waals surface area contributed by atoms with Gasteiger partial charge in [-0.2, -0.15) is 0 Å². The number of likely N-dealkylation sites (tertiary alicyclic amines) is 1. The largest absolute Gasteiger partial charge is 0.444 e. The van der Waals surface area contributed by atoms with E-state index in [2.05, 4.69) is 5.32 Å². The van der Waals surface area contributed by atoms with Crippen LogP contribution in [0.3, 0.4) is 0 Å². The normalized spacial score (nSPS) is 22.6. The van der Waals surface area contributed by atoms with E-state index in [1.807, 2.05) is 20.8 Å². The van der Waals surface area contributed by atoms with E-state index >= 15 is 0 Å². The van der Waals surface area contributed by atoms with Crippen molar-refractivity contribution in [2.45, 2.75) is 62.6 Å². The van der Waals surface area contributed by atoms with Gasteiger partial charge >= 0.3 is 6.09 Å². The summed E-state index contributed by atoms with van der Waals surface area (Å²) >= 11 is 0. The number of nitrogens with one attached hydrogen (secondary N) is 1. The molecular formula is C15H28N2O4S. The van der Waals surface area contributed by atoms with E-state index in [9.17, 15) is 13.2 Å². The molecule has 2 aliphatic rings. The van der Waals surface area contributed by atoms with E-state index in [-0.39, 0.29) is 16.6 Å². The molecule has 0 spiro atoms. The summed E-state index contributed by atoms with van der Waals surface area (Å²) in [7, 11) is -3.09. The SMILES string of the molecule is CC(C)(C)OC(=O)N1CCC(S(=O)(=O)C2CCNCC2)CC1. The molecule has 2 fully saturated rings. The predicted octanol–water partition coefficient (Wildman–Crippen LogP) is 1.55. The molecule has 0 aromatic carbocycles. The maximum Gasteiger partial charge on any atom is 0.410 e. The Labute approximate surface area is 133 Å². The van der Waals surface area contributed by atoms with Crippen LogP contribution in [-0.2, 0) is 14.6 Å². The van der Waals surface area contributed by atoms with Crippen LogP contribution in [0, 0.1) is 0 Å². The maximum atomic E-state index is 12.7. The number of piperidine rings is 2. The third-order valence-electron chi connectivity index (χ3n) is 4.31. The molecule has 7 heteroatoms. The zero-order valence-electron chi connectivity index (χ0n) is 13.8. The molecule has 6 nitrogen and oxygen atoms in total. The lowest BCUT2D eigenvalue weighted by molar-refractivity contribution is 0.0217. The molecule has 1 amide bonds. The van der Waals surface area contributed by atoms with Crippen molar-refractivity contribution < 1.29 is 17.9 Å². The van der Waals surface area contributed by atoms with Crippen molar-refractivity contribution in [1.29, 1.82) is 0 Å². The molecular weight excluding hydrogens is 304 g/mol. The molecule has 128 valence electrons. The minimum Gasteiger partial charge on any atom is -0.444 e. The van der Waals surface area contributed by atoms with Gasteiger partial charge in [-0.15, -0.1) is 0 Å². The second-order valence-electron chi connectivity index (χ2n) is 7.21. The molecule has 0 saturated carbocycles. The standard InChI is InChI=1S/C15H28N2O4S/c1-15(2,3)21-14(18)17-10-6-13(7-11-17)22(19,20)12-4-8-16-9-5-12/h12-13,16H,4-11H2,1-3H3. The fourth-order valence-corrected chi connectivity index (χ4v) is 5.39. The van der Waals surface area contributed by atoms with Gasteiger partial charge in [0.15, 0.2) is 9.84 Å². The van der Waals surface area contributed by atoms with E-state index < -0.39 is 15.4 Å². The number of nitrogens with zero attached hydrogens (tertiary/aromatic N) is 1. The van der Waals surface area contributed by atoms with E-state index in [0.29, 0.717) is 38.8 Å². The number of carbonyl (C=O) groups excluding carboxylic acids is 1. The van der Waals surface area contributed by atoms with Crippen LogP contribution in [0.5, 0.6) is 0 Å². The number of ether oxygens (including phenoxy) is 1. The molecule has 2 heterocycles. The lowest BCUT2D eigenvalue weighted by Gasteiger charge is -2.35.